The highest BCUT2D eigenvalue weighted by molar-refractivity contribution is 5.97. The van der Waals surface area contributed by atoms with Crippen molar-refractivity contribution in [2.45, 2.75) is 24.8 Å². The van der Waals surface area contributed by atoms with Gasteiger partial charge in [0.05, 0.1) is 17.4 Å². The molecular weight excluding hydrogens is 448 g/mol. The fourth-order valence-corrected chi connectivity index (χ4v) is 3.15. The van der Waals surface area contributed by atoms with Gasteiger partial charge in [0.25, 0.3) is 0 Å². The van der Waals surface area contributed by atoms with Crippen LogP contribution >= 0.6 is 0 Å². The number of rotatable bonds is 6. The molecule has 1 heterocycles. The van der Waals surface area contributed by atoms with Gasteiger partial charge in [-0.2, -0.15) is 26.3 Å². The average molecular weight is 467 g/mol. The smallest absolute Gasteiger partial charge is 0.316 e. The number of anilines is 1. The molecule has 0 bridgehead atoms. The Hall–Kier alpha value is -3.40. The lowest BCUT2D eigenvalue weighted by Crippen LogP contribution is -2.40. The molecule has 1 unspecified atom stereocenters. The van der Waals surface area contributed by atoms with Crippen LogP contribution in [0.4, 0.5) is 32.0 Å². The maximum absolute atomic E-state index is 13.1. The molecular formula is C23H19F6N3O. The molecule has 4 nitrogen and oxygen atoms in total. The zero-order valence-electron chi connectivity index (χ0n) is 17.1. The first-order valence-electron chi connectivity index (χ1n) is 9.78. The lowest BCUT2D eigenvalue weighted by molar-refractivity contribution is -0.141. The molecule has 10 heteroatoms. The lowest BCUT2D eigenvalue weighted by atomic mass is 10.0. The van der Waals surface area contributed by atoms with Crippen molar-refractivity contribution in [3.05, 3.63) is 95.3 Å². The molecule has 2 aromatic carbocycles. The first-order chi connectivity index (χ1) is 15.5. The monoisotopic (exact) mass is 467 g/mol. The van der Waals surface area contributed by atoms with Crippen molar-refractivity contribution < 1.29 is 31.1 Å². The number of pyridine rings is 1. The summed E-state index contributed by atoms with van der Waals surface area (Å²) in [7, 11) is 0. The Morgan fingerprint density at radius 2 is 1.52 bits per heavy atom. The Bertz CT molecular complexity index is 1060. The summed E-state index contributed by atoms with van der Waals surface area (Å²) in [6.07, 6.45) is -8.06. The second kappa shape index (κ2) is 9.62. The molecule has 0 aliphatic heterocycles. The van der Waals surface area contributed by atoms with Crippen LogP contribution in [-0.4, -0.2) is 17.4 Å². The molecule has 0 spiro atoms. The quantitative estimate of drug-likeness (QED) is 0.495. The number of aromatic nitrogens is 1. The van der Waals surface area contributed by atoms with Gasteiger partial charge in [-0.15, -0.1) is 0 Å². The van der Waals surface area contributed by atoms with Crippen LogP contribution in [0.15, 0.2) is 72.9 Å². The van der Waals surface area contributed by atoms with Gasteiger partial charge in [0.1, 0.15) is 11.7 Å². The highest BCUT2D eigenvalue weighted by atomic mass is 19.4. The molecule has 3 rings (SSSR count). The Morgan fingerprint density at radius 3 is 2.03 bits per heavy atom. The highest BCUT2D eigenvalue weighted by Crippen LogP contribution is 2.30. The van der Waals surface area contributed by atoms with Gasteiger partial charge in [-0.25, -0.2) is 4.98 Å². The first kappa shape index (κ1) is 24.2. The van der Waals surface area contributed by atoms with E-state index in [2.05, 4.69) is 4.98 Å². The molecule has 0 saturated carbocycles. The number of nitrogens with two attached hydrogens (primary N) is 1. The van der Waals surface area contributed by atoms with Crippen LogP contribution in [0, 0.1) is 0 Å². The van der Waals surface area contributed by atoms with Gasteiger partial charge in [0, 0.05) is 6.54 Å². The number of benzene rings is 2. The standard InChI is InChI=1S/C23H19F6N3O/c24-22(25,26)17-8-6-15(7-9-17)12-13-32(18-10-11-19(31-14-18)23(27,28)29)21(33)20(30)16-4-2-1-3-5-16/h1-11,14,20H,12-13,30H2. The van der Waals surface area contributed by atoms with Gasteiger partial charge in [0.2, 0.25) is 5.91 Å². The van der Waals surface area contributed by atoms with Crippen LogP contribution in [0.3, 0.4) is 0 Å². The van der Waals surface area contributed by atoms with Gasteiger partial charge < -0.3 is 10.6 Å². The summed E-state index contributed by atoms with van der Waals surface area (Å²) in [5.74, 6) is -0.588. The number of nitrogens with zero attached hydrogens (tertiary/aromatic N) is 2. The zero-order chi connectivity index (χ0) is 24.2. The minimum atomic E-state index is -4.64. The first-order valence-corrected chi connectivity index (χ1v) is 9.78. The van der Waals surface area contributed by atoms with Crippen LogP contribution in [0.1, 0.15) is 28.4 Å². The number of carbonyl (C=O) groups is 1. The second-order valence-electron chi connectivity index (χ2n) is 7.22. The van der Waals surface area contributed by atoms with Crippen molar-refractivity contribution in [3.63, 3.8) is 0 Å². The van der Waals surface area contributed by atoms with E-state index in [1.54, 1.807) is 30.3 Å². The van der Waals surface area contributed by atoms with Gasteiger partial charge in [0.15, 0.2) is 0 Å². The number of hydrogen-bond acceptors (Lipinski definition) is 3. The van der Waals surface area contributed by atoms with Gasteiger partial charge in [-0.3, -0.25) is 4.79 Å². The van der Waals surface area contributed by atoms with E-state index in [-0.39, 0.29) is 18.7 Å². The topological polar surface area (TPSA) is 59.2 Å². The van der Waals surface area contributed by atoms with E-state index in [9.17, 15) is 31.1 Å². The molecule has 1 amide bonds. The van der Waals surface area contributed by atoms with E-state index in [0.29, 0.717) is 11.1 Å². The number of amides is 1. The van der Waals surface area contributed by atoms with E-state index in [1.807, 2.05) is 0 Å². The van der Waals surface area contributed by atoms with Crippen LogP contribution in [0.5, 0.6) is 0 Å². The van der Waals surface area contributed by atoms with Gasteiger partial charge in [-0.1, -0.05) is 42.5 Å². The second-order valence-corrected chi connectivity index (χ2v) is 7.22. The van der Waals surface area contributed by atoms with E-state index in [0.717, 1.165) is 30.5 Å². The van der Waals surface area contributed by atoms with Crippen molar-refractivity contribution in [2.75, 3.05) is 11.4 Å². The Morgan fingerprint density at radius 1 is 0.879 bits per heavy atom. The van der Waals surface area contributed by atoms with Gasteiger partial charge in [-0.05, 0) is 41.8 Å². The average Bonchev–Trinajstić information content (AvgIpc) is 2.78. The summed E-state index contributed by atoms with van der Waals surface area (Å²) in [6, 6.07) is 13.6. The molecule has 174 valence electrons. The maximum Gasteiger partial charge on any atom is 0.433 e. The maximum atomic E-state index is 13.1. The summed E-state index contributed by atoms with van der Waals surface area (Å²) in [5, 5.41) is 0. The number of hydrogen-bond donors (Lipinski definition) is 1. The Labute approximate surface area is 185 Å². The van der Waals surface area contributed by atoms with E-state index in [1.165, 1.54) is 17.0 Å². The minimum absolute atomic E-state index is 0.0300. The molecule has 0 aliphatic rings. The normalized spacial score (nSPS) is 12.9. The molecule has 1 aromatic heterocycles. The van der Waals surface area contributed by atoms with E-state index >= 15 is 0 Å². The number of halogens is 6. The SMILES string of the molecule is NC(C(=O)N(CCc1ccc(C(F)(F)F)cc1)c1ccc(C(F)(F)F)nc1)c1ccccc1. The van der Waals surface area contributed by atoms with Crippen molar-refractivity contribution in [3.8, 4) is 0 Å². The van der Waals surface area contributed by atoms with Crippen molar-refractivity contribution in [2.24, 2.45) is 5.73 Å². The van der Waals surface area contributed by atoms with Crippen molar-refractivity contribution in [1.29, 1.82) is 0 Å². The summed E-state index contributed by atoms with van der Waals surface area (Å²) in [6.45, 7) is -0.0300. The van der Waals surface area contributed by atoms with Crippen LogP contribution in [-0.2, 0) is 23.6 Å². The molecule has 0 radical (unpaired) electrons. The van der Waals surface area contributed by atoms with Gasteiger partial charge >= 0.3 is 12.4 Å². The molecule has 3 aromatic rings. The summed E-state index contributed by atoms with van der Waals surface area (Å²) < 4.78 is 76.9. The molecule has 0 aliphatic carbocycles. The molecule has 1 atom stereocenters. The molecule has 2 N–H and O–H groups in total. The molecule has 0 fully saturated rings. The zero-order valence-corrected chi connectivity index (χ0v) is 17.1. The summed E-state index contributed by atoms with van der Waals surface area (Å²) >= 11 is 0. The predicted molar refractivity (Wildman–Crippen MR) is 110 cm³/mol. The molecule has 0 saturated heterocycles. The van der Waals surface area contributed by atoms with Crippen LogP contribution in [0.25, 0.3) is 0 Å². The third-order valence-corrected chi connectivity index (χ3v) is 4.95. The lowest BCUT2D eigenvalue weighted by Gasteiger charge is -2.26. The summed E-state index contributed by atoms with van der Waals surface area (Å²) in [4.78, 5) is 17.7. The third kappa shape index (κ3) is 6.10. The number of alkyl halides is 6. The van der Waals surface area contributed by atoms with Crippen LogP contribution in [0.2, 0.25) is 0 Å². The fourth-order valence-electron chi connectivity index (χ4n) is 3.15. The Kier molecular flexibility index (Phi) is 7.06. The summed E-state index contributed by atoms with van der Waals surface area (Å²) in [5.41, 5.74) is 5.27. The van der Waals surface area contributed by atoms with Crippen molar-refractivity contribution >= 4 is 11.6 Å². The predicted octanol–water partition coefficient (Wildman–Crippen LogP) is 5.39. The number of carbonyl (C=O) groups excluding carboxylic acids is 1. The largest absolute Gasteiger partial charge is 0.433 e. The molecule has 33 heavy (non-hydrogen) atoms. The van der Waals surface area contributed by atoms with Crippen LogP contribution < -0.4 is 10.6 Å². The van der Waals surface area contributed by atoms with Crippen molar-refractivity contribution in [1.82, 2.24) is 4.98 Å². The van der Waals surface area contributed by atoms with E-state index in [4.69, 9.17) is 5.73 Å². The Balaban J connectivity index is 1.86. The highest BCUT2D eigenvalue weighted by Gasteiger charge is 2.33. The minimum Gasteiger partial charge on any atom is -0.316 e. The third-order valence-electron chi connectivity index (χ3n) is 4.95. The fraction of sp³-hybridized carbons (Fsp3) is 0.217. The van der Waals surface area contributed by atoms with E-state index < -0.39 is 35.6 Å².